The molecule has 2 atom stereocenters. The highest BCUT2D eigenvalue weighted by Crippen LogP contribution is 2.39. The van der Waals surface area contributed by atoms with E-state index in [1.807, 2.05) is 36.4 Å². The number of aromatic nitrogens is 1. The number of ether oxygens (including phenoxy) is 2. The molecule has 3 aromatic carbocycles. The zero-order valence-corrected chi connectivity index (χ0v) is 20.8. The van der Waals surface area contributed by atoms with E-state index < -0.39 is 16.1 Å². The van der Waals surface area contributed by atoms with Crippen LogP contribution in [0.2, 0.25) is 0 Å². The van der Waals surface area contributed by atoms with Crippen molar-refractivity contribution in [3.63, 3.8) is 0 Å². The van der Waals surface area contributed by atoms with Gasteiger partial charge in [-0.3, -0.25) is 14.8 Å². The summed E-state index contributed by atoms with van der Waals surface area (Å²) in [5.41, 5.74) is 5.45. The maximum atomic E-state index is 13.4. The molecule has 0 saturated heterocycles. The minimum absolute atomic E-state index is 0.0417. The molecule has 0 amide bonds. The summed E-state index contributed by atoms with van der Waals surface area (Å²) in [4.78, 5) is 16.9. The lowest BCUT2D eigenvalue weighted by atomic mass is 9.88. The number of sulfonamides is 1. The second kappa shape index (κ2) is 9.10. The molecule has 3 N–H and O–H groups in total. The van der Waals surface area contributed by atoms with Gasteiger partial charge in [-0.25, -0.2) is 8.42 Å². The monoisotopic (exact) mass is 515 g/mol. The summed E-state index contributed by atoms with van der Waals surface area (Å²) in [7, 11) is -3.35. The highest BCUT2D eigenvalue weighted by atomic mass is 32.2. The topological polar surface area (TPSA) is 110 Å². The molecule has 37 heavy (non-hydrogen) atoms. The first-order valence-corrected chi connectivity index (χ1v) is 13.8. The van der Waals surface area contributed by atoms with Gasteiger partial charge in [-0.2, -0.15) is 0 Å². The molecule has 4 aromatic rings. The molecule has 0 saturated carbocycles. The molecule has 2 unspecified atom stereocenters. The molecule has 3 heterocycles. The summed E-state index contributed by atoms with van der Waals surface area (Å²) >= 11 is 0. The van der Waals surface area contributed by atoms with Gasteiger partial charge in [0, 0.05) is 22.3 Å². The Bertz CT molecular complexity index is 1640. The smallest absolute Gasteiger partial charge is 0.231 e. The van der Waals surface area contributed by atoms with Crippen LogP contribution in [0.25, 0.3) is 17.0 Å². The van der Waals surface area contributed by atoms with Gasteiger partial charge in [-0.15, -0.1) is 0 Å². The van der Waals surface area contributed by atoms with Crippen molar-refractivity contribution in [3.05, 3.63) is 95.2 Å². The number of anilines is 1. The molecule has 2 aliphatic heterocycles. The number of aromatic amines is 1. The number of hydrogen-bond acceptors (Lipinski definition) is 6. The molecule has 2 aliphatic rings. The lowest BCUT2D eigenvalue weighted by Crippen LogP contribution is -2.44. The Kier molecular flexibility index (Phi) is 5.73. The molecular weight excluding hydrogens is 490 g/mol. The number of hydrogen-bond donors (Lipinski definition) is 3. The fraction of sp³-hybridized carbons (Fsp3) is 0.179. The Morgan fingerprint density at radius 3 is 2.62 bits per heavy atom. The summed E-state index contributed by atoms with van der Waals surface area (Å²) in [6, 6.07) is 20.2. The van der Waals surface area contributed by atoms with Crippen LogP contribution < -0.4 is 19.5 Å². The molecule has 0 aliphatic carbocycles. The van der Waals surface area contributed by atoms with Crippen molar-refractivity contribution < 1.29 is 22.7 Å². The molecule has 0 fully saturated rings. The van der Waals surface area contributed by atoms with E-state index in [1.165, 1.54) is 0 Å². The maximum Gasteiger partial charge on any atom is 0.231 e. The third kappa shape index (κ3) is 4.71. The Balaban J connectivity index is 1.29. The molecule has 188 valence electrons. The number of rotatable bonds is 6. The zero-order chi connectivity index (χ0) is 25.6. The summed E-state index contributed by atoms with van der Waals surface area (Å²) in [6.45, 7) is 0.200. The van der Waals surface area contributed by atoms with E-state index in [4.69, 9.17) is 9.47 Å². The molecule has 6 rings (SSSR count). The number of fused-ring (bicyclic) bond motifs is 4. The van der Waals surface area contributed by atoms with Crippen LogP contribution in [0, 0.1) is 0 Å². The summed E-state index contributed by atoms with van der Waals surface area (Å²) in [6.07, 6.45) is 4.98. The molecule has 1 aromatic heterocycles. The van der Waals surface area contributed by atoms with E-state index in [0.29, 0.717) is 23.6 Å². The number of para-hydroxylation sites is 1. The van der Waals surface area contributed by atoms with Gasteiger partial charge in [0.15, 0.2) is 17.3 Å². The summed E-state index contributed by atoms with van der Waals surface area (Å²) in [5, 5.41) is 4.66. The second-order valence-corrected chi connectivity index (χ2v) is 11.0. The van der Waals surface area contributed by atoms with E-state index in [0.717, 1.165) is 39.5 Å². The van der Waals surface area contributed by atoms with E-state index in [1.54, 1.807) is 36.4 Å². The number of carbonyl (C=O) groups is 1. The Labute approximate surface area is 214 Å². The Morgan fingerprint density at radius 1 is 1.03 bits per heavy atom. The third-order valence-electron chi connectivity index (χ3n) is 6.64. The summed E-state index contributed by atoms with van der Waals surface area (Å²) < 4.78 is 36.3. The fourth-order valence-corrected chi connectivity index (χ4v) is 5.51. The van der Waals surface area contributed by atoms with Crippen molar-refractivity contribution in [2.45, 2.75) is 18.5 Å². The molecule has 0 radical (unpaired) electrons. The van der Waals surface area contributed by atoms with Gasteiger partial charge in [0.05, 0.1) is 18.3 Å². The van der Waals surface area contributed by atoms with Gasteiger partial charge >= 0.3 is 0 Å². The first-order chi connectivity index (χ1) is 17.8. The zero-order valence-electron chi connectivity index (χ0n) is 20.0. The Hall–Kier alpha value is -4.08. The van der Waals surface area contributed by atoms with Crippen LogP contribution in [0.1, 0.15) is 28.4 Å². The van der Waals surface area contributed by atoms with Crippen molar-refractivity contribution in [3.8, 4) is 11.5 Å². The minimum atomic E-state index is -3.35. The van der Waals surface area contributed by atoms with Gasteiger partial charge in [0.2, 0.25) is 16.8 Å². The predicted molar refractivity (Wildman–Crippen MR) is 142 cm³/mol. The second-order valence-electron chi connectivity index (χ2n) is 9.26. The SMILES string of the molecule is CS(=O)(=O)Nc1ccc(C=CC(=O)C2Cc3c([nH]c4ccccc34)C(c3ccc4c(c3)OCO4)N2)cc1. The average Bonchev–Trinajstić information content (AvgIpc) is 3.50. The molecule has 0 spiro atoms. The van der Waals surface area contributed by atoms with Gasteiger partial charge in [0.1, 0.15) is 0 Å². The molecular formula is C28H25N3O5S. The molecule has 8 nitrogen and oxygen atoms in total. The normalized spacial score (nSPS) is 18.7. The number of carbonyl (C=O) groups excluding carboxylic acids is 1. The van der Waals surface area contributed by atoms with Crippen LogP contribution in [0.15, 0.2) is 72.8 Å². The first-order valence-electron chi connectivity index (χ1n) is 11.9. The first kappa shape index (κ1) is 23.3. The maximum absolute atomic E-state index is 13.4. The van der Waals surface area contributed by atoms with Crippen molar-refractivity contribution in [2.24, 2.45) is 0 Å². The highest BCUT2D eigenvalue weighted by Gasteiger charge is 2.33. The Morgan fingerprint density at radius 2 is 1.81 bits per heavy atom. The predicted octanol–water partition coefficient (Wildman–Crippen LogP) is 4.15. The number of benzene rings is 3. The van der Waals surface area contributed by atoms with Gasteiger partial charge in [-0.05, 0) is 59.5 Å². The molecule has 9 heteroatoms. The minimum Gasteiger partial charge on any atom is -0.454 e. The van der Waals surface area contributed by atoms with Crippen molar-refractivity contribution in [1.29, 1.82) is 0 Å². The van der Waals surface area contributed by atoms with Crippen LogP contribution in [-0.2, 0) is 21.2 Å². The lowest BCUT2D eigenvalue weighted by Gasteiger charge is -2.30. The van der Waals surface area contributed by atoms with Crippen LogP contribution in [0.3, 0.4) is 0 Å². The standard InChI is InChI=1S/C28H25N3O5S/c1-37(33,34)31-19-10-6-17(7-11-19)8-12-24(32)23-15-21-20-4-2-3-5-22(20)29-28(21)27(30-23)18-9-13-25-26(14-18)36-16-35-25/h2-14,23,27,29-31H,15-16H2,1H3. The van der Waals surface area contributed by atoms with Gasteiger partial charge in [-0.1, -0.05) is 42.5 Å². The van der Waals surface area contributed by atoms with Gasteiger partial charge < -0.3 is 14.5 Å². The van der Waals surface area contributed by atoms with Crippen LogP contribution in [0.4, 0.5) is 5.69 Å². The highest BCUT2D eigenvalue weighted by molar-refractivity contribution is 7.92. The lowest BCUT2D eigenvalue weighted by molar-refractivity contribution is -0.116. The molecule has 0 bridgehead atoms. The fourth-order valence-electron chi connectivity index (χ4n) is 4.94. The van der Waals surface area contributed by atoms with Crippen LogP contribution in [-0.4, -0.2) is 38.3 Å². The number of nitrogens with one attached hydrogen (secondary N) is 3. The average molecular weight is 516 g/mol. The van der Waals surface area contributed by atoms with Crippen LogP contribution in [0.5, 0.6) is 11.5 Å². The van der Waals surface area contributed by atoms with E-state index in [2.05, 4.69) is 21.1 Å². The van der Waals surface area contributed by atoms with E-state index in [9.17, 15) is 13.2 Å². The quantitative estimate of drug-likeness (QED) is 0.333. The third-order valence-corrected chi connectivity index (χ3v) is 7.25. The van der Waals surface area contributed by atoms with Crippen molar-refractivity contribution in [2.75, 3.05) is 17.8 Å². The van der Waals surface area contributed by atoms with Crippen molar-refractivity contribution >= 4 is 38.5 Å². The van der Waals surface area contributed by atoms with Crippen molar-refractivity contribution in [1.82, 2.24) is 10.3 Å². The number of H-pyrrole nitrogens is 1. The largest absolute Gasteiger partial charge is 0.454 e. The number of ketones is 1. The van der Waals surface area contributed by atoms with E-state index >= 15 is 0 Å². The van der Waals surface area contributed by atoms with Crippen LogP contribution >= 0.6 is 0 Å². The summed E-state index contributed by atoms with van der Waals surface area (Å²) in [5.74, 6) is 1.36. The van der Waals surface area contributed by atoms with Gasteiger partial charge in [0.25, 0.3) is 0 Å². The van der Waals surface area contributed by atoms with E-state index in [-0.39, 0.29) is 18.6 Å².